The van der Waals surface area contributed by atoms with Crippen LogP contribution in [0.25, 0.3) is 0 Å². The molecule has 1 rings (SSSR count). The SMILES string of the molecule is O=CCCN(C(=O)O)c1cncc(Cl)c1. The average Bonchev–Trinajstić information content (AvgIpc) is 2.18. The molecule has 1 aromatic heterocycles. The summed E-state index contributed by atoms with van der Waals surface area (Å²) < 4.78 is 0. The Kier molecular flexibility index (Phi) is 4.05. The second kappa shape index (κ2) is 5.31. The van der Waals surface area contributed by atoms with Crippen LogP contribution in [0, 0.1) is 0 Å². The summed E-state index contributed by atoms with van der Waals surface area (Å²) in [5.74, 6) is 0. The van der Waals surface area contributed by atoms with Crippen LogP contribution >= 0.6 is 11.6 Å². The van der Waals surface area contributed by atoms with Crippen LogP contribution in [0.5, 0.6) is 0 Å². The minimum atomic E-state index is -1.14. The molecule has 1 amide bonds. The molecule has 15 heavy (non-hydrogen) atoms. The van der Waals surface area contributed by atoms with Gasteiger partial charge < -0.3 is 9.90 Å². The van der Waals surface area contributed by atoms with Crippen molar-refractivity contribution in [3.8, 4) is 0 Å². The molecule has 6 heteroatoms. The molecule has 0 aliphatic rings. The van der Waals surface area contributed by atoms with Crippen LogP contribution in [0.4, 0.5) is 10.5 Å². The molecule has 0 spiro atoms. The van der Waals surface area contributed by atoms with Gasteiger partial charge >= 0.3 is 6.09 Å². The maximum Gasteiger partial charge on any atom is 0.411 e. The summed E-state index contributed by atoms with van der Waals surface area (Å²) in [6, 6.07) is 1.48. The van der Waals surface area contributed by atoms with E-state index in [0.717, 1.165) is 4.90 Å². The maximum absolute atomic E-state index is 10.9. The summed E-state index contributed by atoms with van der Waals surface area (Å²) in [4.78, 5) is 25.8. The molecule has 0 aliphatic heterocycles. The highest BCUT2D eigenvalue weighted by Gasteiger charge is 2.14. The lowest BCUT2D eigenvalue weighted by atomic mass is 10.3. The Morgan fingerprint density at radius 3 is 2.87 bits per heavy atom. The van der Waals surface area contributed by atoms with E-state index in [9.17, 15) is 9.59 Å². The standard InChI is InChI=1S/C9H9ClN2O3/c10-7-4-8(6-11-5-7)12(9(14)15)2-1-3-13/h3-6H,1-2H2,(H,14,15). The lowest BCUT2D eigenvalue weighted by Crippen LogP contribution is -2.30. The smallest absolute Gasteiger partial charge is 0.411 e. The molecular weight excluding hydrogens is 220 g/mol. The molecule has 1 N–H and O–H groups in total. The highest BCUT2D eigenvalue weighted by molar-refractivity contribution is 6.30. The van der Waals surface area contributed by atoms with Gasteiger partial charge in [0.05, 0.1) is 16.9 Å². The van der Waals surface area contributed by atoms with Gasteiger partial charge in [-0.3, -0.25) is 9.88 Å². The van der Waals surface area contributed by atoms with E-state index in [1.54, 1.807) is 0 Å². The van der Waals surface area contributed by atoms with E-state index in [-0.39, 0.29) is 13.0 Å². The number of anilines is 1. The number of aldehydes is 1. The number of nitrogens with zero attached hydrogens (tertiary/aromatic N) is 2. The molecule has 0 fully saturated rings. The zero-order valence-electron chi connectivity index (χ0n) is 7.76. The predicted octanol–water partition coefficient (Wildman–Crippen LogP) is 1.81. The van der Waals surface area contributed by atoms with Crippen molar-refractivity contribution in [1.29, 1.82) is 0 Å². The molecular formula is C9H9ClN2O3. The first-order valence-electron chi connectivity index (χ1n) is 4.20. The number of pyridine rings is 1. The number of hydrogen-bond donors (Lipinski definition) is 1. The lowest BCUT2D eigenvalue weighted by Gasteiger charge is -2.17. The van der Waals surface area contributed by atoms with E-state index in [2.05, 4.69) is 4.98 Å². The number of carboxylic acid groups (broad SMARTS) is 1. The number of carbonyl (C=O) groups excluding carboxylic acids is 1. The normalized spacial score (nSPS) is 9.67. The van der Waals surface area contributed by atoms with Crippen molar-refractivity contribution in [2.75, 3.05) is 11.4 Å². The summed E-state index contributed by atoms with van der Waals surface area (Å²) in [6.45, 7) is 0.0981. The second-order valence-electron chi connectivity index (χ2n) is 2.75. The zero-order valence-corrected chi connectivity index (χ0v) is 8.52. The molecule has 80 valence electrons. The van der Waals surface area contributed by atoms with Crippen molar-refractivity contribution >= 4 is 29.7 Å². The number of hydrogen-bond acceptors (Lipinski definition) is 3. The molecule has 1 aromatic rings. The summed E-state index contributed by atoms with van der Waals surface area (Å²) >= 11 is 5.68. The summed E-state index contributed by atoms with van der Waals surface area (Å²) in [5, 5.41) is 9.24. The predicted molar refractivity (Wildman–Crippen MR) is 55.3 cm³/mol. The van der Waals surface area contributed by atoms with Gasteiger partial charge in [-0.2, -0.15) is 0 Å². The van der Waals surface area contributed by atoms with Gasteiger partial charge in [-0.15, -0.1) is 0 Å². The Hall–Kier alpha value is -1.62. The van der Waals surface area contributed by atoms with Crippen LogP contribution in [0.1, 0.15) is 6.42 Å². The lowest BCUT2D eigenvalue weighted by molar-refractivity contribution is -0.107. The number of rotatable bonds is 4. The topological polar surface area (TPSA) is 70.5 Å². The zero-order chi connectivity index (χ0) is 11.3. The van der Waals surface area contributed by atoms with Gasteiger partial charge in [-0.1, -0.05) is 11.6 Å². The summed E-state index contributed by atoms with van der Waals surface area (Å²) in [7, 11) is 0. The first-order chi connectivity index (χ1) is 7.15. The fourth-order valence-electron chi connectivity index (χ4n) is 1.07. The molecule has 0 atom stereocenters. The maximum atomic E-state index is 10.9. The van der Waals surface area contributed by atoms with Gasteiger partial charge in [0.15, 0.2) is 0 Å². The fourth-order valence-corrected chi connectivity index (χ4v) is 1.23. The molecule has 0 saturated heterocycles. The summed E-state index contributed by atoms with van der Waals surface area (Å²) in [6.07, 6.45) is 2.45. The van der Waals surface area contributed by atoms with Gasteiger partial charge in [0.2, 0.25) is 0 Å². The average molecular weight is 229 g/mol. The molecule has 0 radical (unpaired) electrons. The largest absolute Gasteiger partial charge is 0.465 e. The van der Waals surface area contributed by atoms with Crippen molar-refractivity contribution in [3.05, 3.63) is 23.5 Å². The van der Waals surface area contributed by atoms with Crippen LogP contribution < -0.4 is 4.90 Å². The Morgan fingerprint density at radius 2 is 2.33 bits per heavy atom. The van der Waals surface area contributed by atoms with Gasteiger partial charge in [-0.05, 0) is 6.07 Å². The minimum absolute atomic E-state index is 0.0981. The molecule has 0 saturated carbocycles. The van der Waals surface area contributed by atoms with Gasteiger partial charge in [-0.25, -0.2) is 4.79 Å². The van der Waals surface area contributed by atoms with E-state index in [1.165, 1.54) is 18.5 Å². The van der Waals surface area contributed by atoms with Gasteiger partial charge in [0, 0.05) is 19.2 Å². The monoisotopic (exact) mass is 228 g/mol. The van der Waals surface area contributed by atoms with Gasteiger partial charge in [0.1, 0.15) is 6.29 Å². The Morgan fingerprint density at radius 1 is 1.60 bits per heavy atom. The van der Waals surface area contributed by atoms with Gasteiger partial charge in [0.25, 0.3) is 0 Å². The number of carbonyl (C=O) groups is 2. The molecule has 5 nitrogen and oxygen atoms in total. The molecule has 0 aliphatic carbocycles. The van der Waals surface area contributed by atoms with E-state index >= 15 is 0 Å². The van der Waals surface area contributed by atoms with Crippen LogP contribution in [0.3, 0.4) is 0 Å². The van der Waals surface area contributed by atoms with Crippen molar-refractivity contribution in [3.63, 3.8) is 0 Å². The minimum Gasteiger partial charge on any atom is -0.465 e. The first kappa shape index (κ1) is 11.5. The third-order valence-electron chi connectivity index (χ3n) is 1.70. The van der Waals surface area contributed by atoms with E-state index in [1.807, 2.05) is 0 Å². The van der Waals surface area contributed by atoms with E-state index in [4.69, 9.17) is 16.7 Å². The molecule has 0 bridgehead atoms. The number of halogens is 1. The second-order valence-corrected chi connectivity index (χ2v) is 3.19. The van der Waals surface area contributed by atoms with Crippen LogP contribution in [0.15, 0.2) is 18.5 Å². The third kappa shape index (κ3) is 3.21. The van der Waals surface area contributed by atoms with E-state index < -0.39 is 6.09 Å². The van der Waals surface area contributed by atoms with Crippen LogP contribution in [-0.4, -0.2) is 29.0 Å². The first-order valence-corrected chi connectivity index (χ1v) is 4.57. The fraction of sp³-hybridized carbons (Fsp3) is 0.222. The van der Waals surface area contributed by atoms with Crippen molar-refractivity contribution in [2.45, 2.75) is 6.42 Å². The van der Waals surface area contributed by atoms with Crippen LogP contribution in [0.2, 0.25) is 5.02 Å². The molecule has 0 unspecified atom stereocenters. The van der Waals surface area contributed by atoms with E-state index in [0.29, 0.717) is 17.0 Å². The highest BCUT2D eigenvalue weighted by Crippen LogP contribution is 2.17. The molecule has 0 aromatic carbocycles. The van der Waals surface area contributed by atoms with Crippen molar-refractivity contribution in [1.82, 2.24) is 4.98 Å². The quantitative estimate of drug-likeness (QED) is 0.798. The van der Waals surface area contributed by atoms with Crippen molar-refractivity contribution in [2.24, 2.45) is 0 Å². The molecule has 1 heterocycles. The number of aromatic nitrogens is 1. The van der Waals surface area contributed by atoms with Crippen LogP contribution in [-0.2, 0) is 4.79 Å². The Labute approximate surface area is 91.3 Å². The number of amides is 1. The highest BCUT2D eigenvalue weighted by atomic mass is 35.5. The third-order valence-corrected chi connectivity index (χ3v) is 1.91. The summed E-state index contributed by atoms with van der Waals surface area (Å²) in [5.41, 5.74) is 0.358. The Balaban J connectivity index is 2.88. The Bertz CT molecular complexity index is 370. The van der Waals surface area contributed by atoms with Crippen molar-refractivity contribution < 1.29 is 14.7 Å².